The number of thiophene rings is 1. The maximum atomic E-state index is 12.2. The normalized spacial score (nSPS) is 12.2. The lowest BCUT2D eigenvalue weighted by molar-refractivity contribution is 0.0893. The van der Waals surface area contributed by atoms with Crippen molar-refractivity contribution in [3.63, 3.8) is 0 Å². The summed E-state index contributed by atoms with van der Waals surface area (Å²) < 4.78 is 15.9. The van der Waals surface area contributed by atoms with E-state index >= 15 is 0 Å². The fraction of sp³-hybridized carbons (Fsp3) is 0.111. The number of hydrogen-bond donors (Lipinski definition) is 2. The largest absolute Gasteiger partial charge is 0.461 e. The first-order valence-electron chi connectivity index (χ1n) is 7.80. The van der Waals surface area contributed by atoms with Crippen LogP contribution in [0, 0.1) is 0 Å². The molecule has 26 heavy (non-hydrogen) atoms. The summed E-state index contributed by atoms with van der Waals surface area (Å²) in [6, 6.07) is 10.3. The van der Waals surface area contributed by atoms with Crippen LogP contribution in [0.25, 0.3) is 22.8 Å². The molecule has 4 heterocycles. The van der Waals surface area contributed by atoms with Crippen LogP contribution in [-0.2, 0) is 0 Å². The van der Waals surface area contributed by atoms with Gasteiger partial charge in [-0.05, 0) is 35.7 Å². The minimum Gasteiger partial charge on any atom is -0.461 e. The van der Waals surface area contributed by atoms with Gasteiger partial charge in [-0.2, -0.15) is 11.3 Å². The topological polar surface area (TPSA) is 102 Å². The predicted octanol–water partition coefficient (Wildman–Crippen LogP) is 3.72. The Morgan fingerprint density at radius 3 is 2.92 bits per heavy atom. The third-order valence-corrected chi connectivity index (χ3v) is 4.41. The molecule has 0 saturated carbocycles. The smallest absolute Gasteiger partial charge is 0.273 e. The highest BCUT2D eigenvalue weighted by molar-refractivity contribution is 7.08. The molecule has 1 atom stereocenters. The van der Waals surface area contributed by atoms with E-state index in [1.165, 1.54) is 12.3 Å². The Morgan fingerprint density at radius 1 is 1.23 bits per heavy atom. The Morgan fingerprint density at radius 2 is 2.15 bits per heavy atom. The molecule has 7 nitrogen and oxygen atoms in total. The zero-order valence-electron chi connectivity index (χ0n) is 13.4. The van der Waals surface area contributed by atoms with E-state index in [0.29, 0.717) is 23.0 Å². The third kappa shape index (κ3) is 3.32. The van der Waals surface area contributed by atoms with Crippen LogP contribution in [-0.4, -0.2) is 22.7 Å². The molecule has 0 aliphatic rings. The molecule has 0 saturated heterocycles. The van der Waals surface area contributed by atoms with E-state index < -0.39 is 12.0 Å². The molecule has 4 rings (SSSR count). The minimum atomic E-state index is -0.970. The highest BCUT2D eigenvalue weighted by Gasteiger charge is 2.18. The molecule has 4 aromatic heterocycles. The van der Waals surface area contributed by atoms with Gasteiger partial charge in [0, 0.05) is 17.0 Å². The van der Waals surface area contributed by atoms with Crippen molar-refractivity contribution in [2.75, 3.05) is 6.54 Å². The van der Waals surface area contributed by atoms with Crippen LogP contribution in [0.5, 0.6) is 0 Å². The number of hydrogen-bond acceptors (Lipinski definition) is 7. The monoisotopic (exact) mass is 370 g/mol. The summed E-state index contributed by atoms with van der Waals surface area (Å²) in [5.41, 5.74) is 1.05. The van der Waals surface area contributed by atoms with Crippen molar-refractivity contribution in [1.82, 2.24) is 10.5 Å². The minimum absolute atomic E-state index is 0.0155. The number of nitrogens with one attached hydrogen (secondary N) is 1. The summed E-state index contributed by atoms with van der Waals surface area (Å²) in [7, 11) is 0. The molecule has 0 aromatic carbocycles. The van der Waals surface area contributed by atoms with Crippen LogP contribution in [0.4, 0.5) is 0 Å². The van der Waals surface area contributed by atoms with E-state index in [-0.39, 0.29) is 12.2 Å². The Hall–Kier alpha value is -3.10. The molecule has 1 amide bonds. The second kappa shape index (κ2) is 7.03. The molecule has 8 heteroatoms. The summed E-state index contributed by atoms with van der Waals surface area (Å²) in [6.07, 6.45) is 0.532. The van der Waals surface area contributed by atoms with E-state index in [0.717, 1.165) is 5.56 Å². The number of aliphatic hydroxyl groups is 1. The number of aromatic nitrogens is 1. The molecule has 0 aliphatic heterocycles. The van der Waals surface area contributed by atoms with Crippen molar-refractivity contribution in [2.24, 2.45) is 0 Å². The van der Waals surface area contributed by atoms with Crippen LogP contribution in [0.15, 0.2) is 66.8 Å². The van der Waals surface area contributed by atoms with E-state index in [2.05, 4.69) is 10.5 Å². The lowest BCUT2D eigenvalue weighted by atomic mass is 10.2. The van der Waals surface area contributed by atoms with Crippen LogP contribution >= 0.6 is 11.3 Å². The Kier molecular flexibility index (Phi) is 4.42. The Bertz CT molecular complexity index is 985. The van der Waals surface area contributed by atoms with Crippen molar-refractivity contribution in [2.45, 2.75) is 6.10 Å². The van der Waals surface area contributed by atoms with Gasteiger partial charge in [-0.15, -0.1) is 0 Å². The summed E-state index contributed by atoms with van der Waals surface area (Å²) in [5, 5.41) is 20.4. The van der Waals surface area contributed by atoms with E-state index in [1.54, 1.807) is 35.6 Å². The Labute approximate surface area is 151 Å². The number of nitrogens with zero attached hydrogens (tertiary/aromatic N) is 1. The van der Waals surface area contributed by atoms with Gasteiger partial charge in [0.05, 0.1) is 12.8 Å². The highest BCUT2D eigenvalue weighted by atomic mass is 32.1. The van der Waals surface area contributed by atoms with Crippen LogP contribution < -0.4 is 5.32 Å². The molecule has 0 bridgehead atoms. The maximum Gasteiger partial charge on any atom is 0.273 e. The molecule has 0 spiro atoms. The fourth-order valence-electron chi connectivity index (χ4n) is 2.39. The lowest BCUT2D eigenvalue weighted by Crippen LogP contribution is -2.28. The number of carbonyl (C=O) groups excluding carboxylic acids is 1. The van der Waals surface area contributed by atoms with Gasteiger partial charge in [0.15, 0.2) is 11.5 Å². The van der Waals surface area contributed by atoms with Gasteiger partial charge in [0.2, 0.25) is 5.76 Å². The van der Waals surface area contributed by atoms with E-state index in [9.17, 15) is 9.90 Å². The third-order valence-electron chi connectivity index (χ3n) is 3.72. The summed E-state index contributed by atoms with van der Waals surface area (Å²) in [6.45, 7) is -0.0155. The van der Waals surface area contributed by atoms with Crippen LogP contribution in [0.1, 0.15) is 22.4 Å². The average Bonchev–Trinajstić information content (AvgIpc) is 3.42. The van der Waals surface area contributed by atoms with Crippen molar-refractivity contribution in [3.8, 4) is 22.8 Å². The Balaban J connectivity index is 1.37. The first-order chi connectivity index (χ1) is 12.7. The molecule has 0 aliphatic carbocycles. The maximum absolute atomic E-state index is 12.2. The molecular weight excluding hydrogens is 356 g/mol. The van der Waals surface area contributed by atoms with Gasteiger partial charge in [0.1, 0.15) is 17.6 Å². The second-order valence-electron chi connectivity index (χ2n) is 5.49. The molecule has 0 unspecified atom stereocenters. The quantitative estimate of drug-likeness (QED) is 0.536. The summed E-state index contributed by atoms with van der Waals surface area (Å²) in [4.78, 5) is 12.2. The van der Waals surface area contributed by atoms with Gasteiger partial charge >= 0.3 is 0 Å². The van der Waals surface area contributed by atoms with E-state index in [4.69, 9.17) is 13.4 Å². The van der Waals surface area contributed by atoms with Gasteiger partial charge in [-0.3, -0.25) is 4.79 Å². The van der Waals surface area contributed by atoms with Crippen molar-refractivity contribution >= 4 is 17.2 Å². The summed E-state index contributed by atoms with van der Waals surface area (Å²) in [5.74, 6) is 1.42. The zero-order chi connectivity index (χ0) is 17.9. The van der Waals surface area contributed by atoms with Crippen LogP contribution in [0.2, 0.25) is 0 Å². The molecule has 0 radical (unpaired) electrons. The molecule has 2 N–H and O–H groups in total. The first kappa shape index (κ1) is 16.4. The van der Waals surface area contributed by atoms with Gasteiger partial charge in [0.25, 0.3) is 5.91 Å². The van der Waals surface area contributed by atoms with Gasteiger partial charge in [-0.1, -0.05) is 5.16 Å². The number of carbonyl (C=O) groups is 1. The highest BCUT2D eigenvalue weighted by Crippen LogP contribution is 2.27. The zero-order valence-corrected chi connectivity index (χ0v) is 14.2. The standard InChI is InChI=1S/C18H14N2O5S/c21-13(15-4-3-14(24-15)11-5-7-26-10-11)9-19-18(22)12-8-17(25-20-12)16-2-1-6-23-16/h1-8,10,13,21H,9H2,(H,19,22)/t13-/m0/s1. The molecule has 4 aromatic rings. The average molecular weight is 370 g/mol. The first-order valence-corrected chi connectivity index (χ1v) is 8.74. The lowest BCUT2D eigenvalue weighted by Gasteiger charge is -2.08. The molecule has 0 fully saturated rings. The van der Waals surface area contributed by atoms with Crippen molar-refractivity contribution < 1.29 is 23.3 Å². The second-order valence-corrected chi connectivity index (χ2v) is 6.27. The number of aliphatic hydroxyl groups excluding tert-OH is 1. The van der Waals surface area contributed by atoms with Gasteiger partial charge in [-0.25, -0.2) is 0 Å². The van der Waals surface area contributed by atoms with Gasteiger partial charge < -0.3 is 23.8 Å². The van der Waals surface area contributed by atoms with E-state index in [1.807, 2.05) is 16.8 Å². The SMILES string of the molecule is O=C(NC[C@H](O)c1ccc(-c2ccsc2)o1)c1cc(-c2ccco2)on1. The molecular formula is C18H14N2O5S. The van der Waals surface area contributed by atoms with Crippen molar-refractivity contribution in [1.29, 1.82) is 0 Å². The fourth-order valence-corrected chi connectivity index (χ4v) is 3.03. The molecule has 132 valence electrons. The predicted molar refractivity (Wildman–Crippen MR) is 93.5 cm³/mol. The number of rotatable bonds is 6. The van der Waals surface area contributed by atoms with Crippen molar-refractivity contribution in [3.05, 3.63) is 64.9 Å². The number of amides is 1. The summed E-state index contributed by atoms with van der Waals surface area (Å²) >= 11 is 1.56. The number of furan rings is 2. The van der Waals surface area contributed by atoms with Crippen LogP contribution in [0.3, 0.4) is 0 Å².